The van der Waals surface area contributed by atoms with E-state index in [1.54, 1.807) is 0 Å². The fourth-order valence-electron chi connectivity index (χ4n) is 2.35. The standard InChI is InChI=1S/C14H9Cl4N3O3/c1-2-3-5-19-6(24-20-5)4-21-13(22)7-8(14(21)23)10(16)12(18)11(17)9(7)15/h2-4H2,1H3. The number of hydrogen-bond donors (Lipinski definition) is 0. The van der Waals surface area contributed by atoms with E-state index in [0.717, 1.165) is 11.3 Å². The Bertz CT molecular complexity index is 818. The van der Waals surface area contributed by atoms with Crippen LogP contribution in [-0.2, 0) is 13.0 Å². The second-order valence-corrected chi connectivity index (χ2v) is 6.57. The van der Waals surface area contributed by atoms with Crippen molar-refractivity contribution < 1.29 is 14.1 Å². The first-order valence-corrected chi connectivity index (χ1v) is 8.41. The molecule has 0 spiro atoms. The summed E-state index contributed by atoms with van der Waals surface area (Å²) in [7, 11) is 0. The molecule has 24 heavy (non-hydrogen) atoms. The molecule has 0 unspecified atom stereocenters. The molecule has 0 bridgehead atoms. The molecule has 126 valence electrons. The number of benzene rings is 1. The molecule has 0 atom stereocenters. The first kappa shape index (κ1) is 17.5. The third-order valence-corrected chi connectivity index (χ3v) is 5.26. The Labute approximate surface area is 156 Å². The maximum atomic E-state index is 12.6. The summed E-state index contributed by atoms with van der Waals surface area (Å²) in [6, 6.07) is 0. The number of aromatic nitrogens is 2. The van der Waals surface area contributed by atoms with Gasteiger partial charge in [-0.3, -0.25) is 14.5 Å². The Morgan fingerprint density at radius 1 is 0.958 bits per heavy atom. The molecule has 10 heteroatoms. The fraction of sp³-hybridized carbons (Fsp3) is 0.286. The lowest BCUT2D eigenvalue weighted by Crippen LogP contribution is -2.29. The van der Waals surface area contributed by atoms with Gasteiger partial charge < -0.3 is 4.52 Å². The number of halogens is 4. The smallest absolute Gasteiger partial charge is 0.263 e. The van der Waals surface area contributed by atoms with Crippen LogP contribution in [0, 0.1) is 0 Å². The van der Waals surface area contributed by atoms with Gasteiger partial charge in [0.1, 0.15) is 6.54 Å². The number of aryl methyl sites for hydroxylation is 1. The molecule has 0 saturated carbocycles. The highest BCUT2D eigenvalue weighted by molar-refractivity contribution is 6.55. The van der Waals surface area contributed by atoms with E-state index in [0.29, 0.717) is 12.2 Å². The molecule has 1 aliphatic rings. The van der Waals surface area contributed by atoms with Crippen LogP contribution in [0.5, 0.6) is 0 Å². The maximum absolute atomic E-state index is 12.6. The third kappa shape index (κ3) is 2.67. The molecule has 2 heterocycles. The maximum Gasteiger partial charge on any atom is 0.263 e. The summed E-state index contributed by atoms with van der Waals surface area (Å²) in [5, 5.41) is 3.41. The summed E-state index contributed by atoms with van der Waals surface area (Å²) in [6.45, 7) is 1.78. The van der Waals surface area contributed by atoms with Gasteiger partial charge in [0.2, 0.25) is 5.89 Å². The Morgan fingerprint density at radius 2 is 1.50 bits per heavy atom. The van der Waals surface area contributed by atoms with Gasteiger partial charge in [-0.05, 0) is 6.42 Å². The lowest BCUT2D eigenvalue weighted by atomic mass is 10.1. The highest BCUT2D eigenvalue weighted by Gasteiger charge is 2.42. The van der Waals surface area contributed by atoms with E-state index in [1.807, 2.05) is 6.92 Å². The average molecular weight is 409 g/mol. The van der Waals surface area contributed by atoms with Crippen LogP contribution >= 0.6 is 46.4 Å². The quantitative estimate of drug-likeness (QED) is 0.424. The number of imide groups is 1. The number of fused-ring (bicyclic) bond motifs is 1. The predicted molar refractivity (Wildman–Crippen MR) is 89.0 cm³/mol. The SMILES string of the molecule is CCCc1noc(CN2C(=O)c3c(Cl)c(Cl)c(Cl)c(Cl)c3C2=O)n1. The molecule has 0 fully saturated rings. The molecular formula is C14H9Cl4N3O3. The van der Waals surface area contributed by atoms with Crippen molar-refractivity contribution in [3.63, 3.8) is 0 Å². The summed E-state index contributed by atoms with van der Waals surface area (Å²) in [5.41, 5.74) is -0.149. The van der Waals surface area contributed by atoms with Gasteiger partial charge in [0.25, 0.3) is 11.8 Å². The molecule has 2 amide bonds. The predicted octanol–water partition coefficient (Wildman–Crippen LogP) is 4.43. The zero-order valence-corrected chi connectivity index (χ0v) is 15.2. The van der Waals surface area contributed by atoms with E-state index in [-0.39, 0.29) is 43.7 Å². The number of rotatable bonds is 4. The topological polar surface area (TPSA) is 76.3 Å². The van der Waals surface area contributed by atoms with Gasteiger partial charge in [-0.2, -0.15) is 4.98 Å². The van der Waals surface area contributed by atoms with Gasteiger partial charge in [-0.25, -0.2) is 0 Å². The first-order chi connectivity index (χ1) is 11.4. The van der Waals surface area contributed by atoms with Gasteiger partial charge in [-0.1, -0.05) is 58.5 Å². The molecule has 0 N–H and O–H groups in total. The molecule has 0 aliphatic carbocycles. The van der Waals surface area contributed by atoms with Crippen molar-refractivity contribution in [3.05, 3.63) is 42.9 Å². The number of amides is 2. The highest BCUT2D eigenvalue weighted by atomic mass is 35.5. The Hall–Kier alpha value is -1.34. The first-order valence-electron chi connectivity index (χ1n) is 6.90. The van der Waals surface area contributed by atoms with E-state index < -0.39 is 11.8 Å². The normalized spacial score (nSPS) is 13.8. The fourth-order valence-corrected chi connectivity index (χ4v) is 3.37. The third-order valence-electron chi connectivity index (χ3n) is 3.46. The summed E-state index contributed by atoms with van der Waals surface area (Å²) in [5.74, 6) is -0.643. The van der Waals surface area contributed by atoms with E-state index in [9.17, 15) is 9.59 Å². The van der Waals surface area contributed by atoms with Crippen molar-refractivity contribution in [1.29, 1.82) is 0 Å². The lowest BCUT2D eigenvalue weighted by Gasteiger charge is -2.10. The van der Waals surface area contributed by atoms with Gasteiger partial charge >= 0.3 is 0 Å². The summed E-state index contributed by atoms with van der Waals surface area (Å²) in [6.07, 6.45) is 1.47. The monoisotopic (exact) mass is 407 g/mol. The number of nitrogens with zero attached hydrogens (tertiary/aromatic N) is 3. The van der Waals surface area contributed by atoms with Crippen molar-refractivity contribution in [3.8, 4) is 0 Å². The Balaban J connectivity index is 1.98. The van der Waals surface area contributed by atoms with Crippen molar-refractivity contribution in [1.82, 2.24) is 15.0 Å². The summed E-state index contributed by atoms with van der Waals surface area (Å²) >= 11 is 24.0. The van der Waals surface area contributed by atoms with Gasteiger partial charge in [0, 0.05) is 6.42 Å². The van der Waals surface area contributed by atoms with Crippen LogP contribution in [-0.4, -0.2) is 26.9 Å². The molecule has 0 radical (unpaired) electrons. The lowest BCUT2D eigenvalue weighted by molar-refractivity contribution is 0.0625. The molecule has 6 nitrogen and oxygen atoms in total. The van der Waals surface area contributed by atoms with E-state index in [1.165, 1.54) is 0 Å². The average Bonchev–Trinajstić information content (AvgIpc) is 3.09. The number of carbonyl (C=O) groups excluding carboxylic acids is 2. The van der Waals surface area contributed by atoms with E-state index in [4.69, 9.17) is 50.9 Å². The molecule has 3 rings (SSSR count). The van der Waals surface area contributed by atoms with Gasteiger partial charge in [-0.15, -0.1) is 0 Å². The van der Waals surface area contributed by atoms with Crippen molar-refractivity contribution in [2.24, 2.45) is 0 Å². The molecule has 1 aliphatic heterocycles. The zero-order valence-electron chi connectivity index (χ0n) is 12.2. The Kier molecular flexibility index (Phi) is 4.75. The van der Waals surface area contributed by atoms with E-state index >= 15 is 0 Å². The van der Waals surface area contributed by atoms with Crippen molar-refractivity contribution in [2.45, 2.75) is 26.3 Å². The minimum Gasteiger partial charge on any atom is -0.337 e. The van der Waals surface area contributed by atoms with Crippen molar-refractivity contribution >= 4 is 58.2 Å². The number of hydrogen-bond acceptors (Lipinski definition) is 5. The van der Waals surface area contributed by atoms with Gasteiger partial charge in [0.05, 0.1) is 31.2 Å². The van der Waals surface area contributed by atoms with Crippen molar-refractivity contribution in [2.75, 3.05) is 0 Å². The van der Waals surface area contributed by atoms with Crippen LogP contribution in [0.1, 0.15) is 45.8 Å². The second-order valence-electron chi connectivity index (χ2n) is 5.06. The van der Waals surface area contributed by atoms with Crippen LogP contribution in [0.2, 0.25) is 20.1 Å². The van der Waals surface area contributed by atoms with Crippen LogP contribution in [0.25, 0.3) is 0 Å². The number of carbonyl (C=O) groups is 2. The molecular weight excluding hydrogens is 400 g/mol. The summed E-state index contributed by atoms with van der Waals surface area (Å²) in [4.78, 5) is 30.2. The minimum atomic E-state index is -0.643. The molecule has 0 saturated heterocycles. The summed E-state index contributed by atoms with van der Waals surface area (Å²) < 4.78 is 5.06. The second kappa shape index (κ2) is 6.52. The largest absolute Gasteiger partial charge is 0.337 e. The van der Waals surface area contributed by atoms with E-state index in [2.05, 4.69) is 10.1 Å². The zero-order chi connectivity index (χ0) is 17.6. The highest BCUT2D eigenvalue weighted by Crippen LogP contribution is 2.44. The van der Waals surface area contributed by atoms with Gasteiger partial charge in [0.15, 0.2) is 5.82 Å². The van der Waals surface area contributed by atoms with Crippen LogP contribution < -0.4 is 0 Å². The van der Waals surface area contributed by atoms with Crippen LogP contribution in [0.3, 0.4) is 0 Å². The minimum absolute atomic E-state index is 0.0747. The molecule has 1 aromatic carbocycles. The van der Waals surface area contributed by atoms with Crippen LogP contribution in [0.4, 0.5) is 0 Å². The molecule has 2 aromatic rings. The van der Waals surface area contributed by atoms with Crippen LogP contribution in [0.15, 0.2) is 4.52 Å². The molecule has 1 aromatic heterocycles. The Morgan fingerprint density at radius 3 is 2.00 bits per heavy atom.